The molecule has 2 atom stereocenters. The van der Waals surface area contributed by atoms with Crippen LogP contribution >= 0.6 is 15.9 Å². The average Bonchev–Trinajstić information content (AvgIpc) is 2.49. The second kappa shape index (κ2) is 5.54. The molecule has 104 valence electrons. The van der Waals surface area contributed by atoms with E-state index >= 15 is 0 Å². The maximum atomic E-state index is 13.3. The number of aliphatic hydroxyl groups excluding tert-OH is 1. The number of halogens is 2. The molecule has 2 nitrogen and oxygen atoms in total. The van der Waals surface area contributed by atoms with Crippen LogP contribution in [0.4, 0.5) is 4.39 Å². The average molecular weight is 337 g/mol. The molecule has 20 heavy (non-hydrogen) atoms. The standard InChI is InChI=1S/C16H14BrFO2/c17-13-9-10(5-6-14(13)18)16(19)12-7-8-20-15-4-2-1-3-11(12)15/h1-6,9,12,16,19H,7-8H2. The Balaban J connectivity index is 1.95. The normalized spacial score (nSPS) is 19.1. The molecule has 1 aliphatic rings. The van der Waals surface area contributed by atoms with Crippen LogP contribution in [0.25, 0.3) is 0 Å². The first-order valence-corrected chi connectivity index (χ1v) is 7.31. The fraction of sp³-hybridized carbons (Fsp3) is 0.250. The Hall–Kier alpha value is -1.39. The summed E-state index contributed by atoms with van der Waals surface area (Å²) in [6.07, 6.45) is 0.0737. The minimum Gasteiger partial charge on any atom is -0.493 e. The fourth-order valence-electron chi connectivity index (χ4n) is 2.63. The molecule has 1 aliphatic heterocycles. The molecule has 2 aromatic carbocycles. The minimum atomic E-state index is -0.669. The molecule has 3 rings (SSSR count). The van der Waals surface area contributed by atoms with Gasteiger partial charge in [0.1, 0.15) is 11.6 Å². The van der Waals surface area contributed by atoms with Gasteiger partial charge in [0.15, 0.2) is 0 Å². The topological polar surface area (TPSA) is 29.5 Å². The van der Waals surface area contributed by atoms with Gasteiger partial charge >= 0.3 is 0 Å². The number of hydrogen-bond acceptors (Lipinski definition) is 2. The monoisotopic (exact) mass is 336 g/mol. The van der Waals surface area contributed by atoms with E-state index in [0.717, 1.165) is 17.7 Å². The summed E-state index contributed by atoms with van der Waals surface area (Å²) in [5.41, 5.74) is 1.71. The van der Waals surface area contributed by atoms with Crippen molar-refractivity contribution in [3.8, 4) is 5.75 Å². The van der Waals surface area contributed by atoms with E-state index in [4.69, 9.17) is 4.74 Å². The van der Waals surface area contributed by atoms with Gasteiger partial charge in [-0.2, -0.15) is 0 Å². The van der Waals surface area contributed by atoms with E-state index in [1.165, 1.54) is 6.07 Å². The third-order valence-electron chi connectivity index (χ3n) is 3.67. The van der Waals surface area contributed by atoms with Gasteiger partial charge in [0.05, 0.1) is 17.2 Å². The third-order valence-corrected chi connectivity index (χ3v) is 4.28. The van der Waals surface area contributed by atoms with Gasteiger partial charge in [-0.25, -0.2) is 4.39 Å². The lowest BCUT2D eigenvalue weighted by molar-refractivity contribution is 0.117. The van der Waals surface area contributed by atoms with Crippen LogP contribution in [-0.4, -0.2) is 11.7 Å². The zero-order chi connectivity index (χ0) is 14.1. The summed E-state index contributed by atoms with van der Waals surface area (Å²) in [6.45, 7) is 0.584. The van der Waals surface area contributed by atoms with Crippen LogP contribution < -0.4 is 4.74 Å². The quantitative estimate of drug-likeness (QED) is 0.891. The molecule has 0 radical (unpaired) electrons. The molecule has 2 aromatic rings. The Kier molecular flexibility index (Phi) is 3.76. The van der Waals surface area contributed by atoms with Gasteiger partial charge in [0.2, 0.25) is 0 Å². The van der Waals surface area contributed by atoms with E-state index in [9.17, 15) is 9.50 Å². The SMILES string of the molecule is OC(c1ccc(F)c(Br)c1)C1CCOc2ccccc21. The van der Waals surface area contributed by atoms with Crippen molar-refractivity contribution < 1.29 is 14.2 Å². The lowest BCUT2D eigenvalue weighted by Crippen LogP contribution is -2.20. The summed E-state index contributed by atoms with van der Waals surface area (Å²) in [7, 11) is 0. The van der Waals surface area contributed by atoms with Gasteiger partial charge in [0.25, 0.3) is 0 Å². The Morgan fingerprint density at radius 3 is 2.85 bits per heavy atom. The summed E-state index contributed by atoms with van der Waals surface area (Å²) in [5.74, 6) is 0.467. The molecular weight excluding hydrogens is 323 g/mol. The van der Waals surface area contributed by atoms with E-state index in [1.54, 1.807) is 12.1 Å². The van der Waals surface area contributed by atoms with E-state index in [2.05, 4.69) is 15.9 Å². The summed E-state index contributed by atoms with van der Waals surface area (Å²) in [6, 6.07) is 12.4. The van der Waals surface area contributed by atoms with E-state index < -0.39 is 6.10 Å². The highest BCUT2D eigenvalue weighted by Gasteiger charge is 2.28. The predicted octanol–water partition coefficient (Wildman–Crippen LogP) is 4.19. The van der Waals surface area contributed by atoms with Crippen LogP contribution in [0.15, 0.2) is 46.9 Å². The Morgan fingerprint density at radius 1 is 1.25 bits per heavy atom. The molecule has 0 saturated carbocycles. The van der Waals surface area contributed by atoms with Crippen LogP contribution in [-0.2, 0) is 0 Å². The molecule has 0 aromatic heterocycles. The number of benzene rings is 2. The molecular formula is C16H14BrFO2. The second-order valence-electron chi connectivity index (χ2n) is 4.90. The van der Waals surface area contributed by atoms with Crippen molar-refractivity contribution in [1.29, 1.82) is 0 Å². The molecule has 2 unspecified atom stereocenters. The van der Waals surface area contributed by atoms with Crippen molar-refractivity contribution in [3.63, 3.8) is 0 Å². The zero-order valence-corrected chi connectivity index (χ0v) is 12.3. The molecule has 0 spiro atoms. The number of para-hydroxylation sites is 1. The predicted molar refractivity (Wildman–Crippen MR) is 78.4 cm³/mol. The number of ether oxygens (including phenoxy) is 1. The summed E-state index contributed by atoms with van der Waals surface area (Å²) in [4.78, 5) is 0. The first kappa shape index (κ1) is 13.6. The maximum absolute atomic E-state index is 13.3. The Morgan fingerprint density at radius 2 is 2.05 bits per heavy atom. The molecule has 0 fully saturated rings. The lowest BCUT2D eigenvalue weighted by atomic mass is 9.85. The highest BCUT2D eigenvalue weighted by Crippen LogP contribution is 2.41. The van der Waals surface area contributed by atoms with Gasteiger partial charge in [0, 0.05) is 11.5 Å². The molecule has 4 heteroatoms. The summed E-state index contributed by atoms with van der Waals surface area (Å²) >= 11 is 3.16. The number of fused-ring (bicyclic) bond motifs is 1. The van der Waals surface area contributed by atoms with Crippen molar-refractivity contribution in [3.05, 3.63) is 63.9 Å². The van der Waals surface area contributed by atoms with Crippen LogP contribution in [0.2, 0.25) is 0 Å². The van der Waals surface area contributed by atoms with E-state index in [0.29, 0.717) is 16.6 Å². The van der Waals surface area contributed by atoms with Gasteiger partial charge in [-0.1, -0.05) is 24.3 Å². The number of aliphatic hydroxyl groups is 1. The van der Waals surface area contributed by atoms with Crippen molar-refractivity contribution in [2.75, 3.05) is 6.61 Å². The number of hydrogen-bond donors (Lipinski definition) is 1. The fourth-order valence-corrected chi connectivity index (χ4v) is 3.02. The molecule has 0 aliphatic carbocycles. The van der Waals surface area contributed by atoms with E-state index in [-0.39, 0.29) is 11.7 Å². The van der Waals surface area contributed by atoms with Gasteiger partial charge in [-0.15, -0.1) is 0 Å². The first-order valence-electron chi connectivity index (χ1n) is 6.51. The largest absolute Gasteiger partial charge is 0.493 e. The Labute approximate surface area is 125 Å². The van der Waals surface area contributed by atoms with Crippen molar-refractivity contribution >= 4 is 15.9 Å². The number of rotatable bonds is 2. The first-order chi connectivity index (χ1) is 9.66. The molecule has 1 heterocycles. The van der Waals surface area contributed by atoms with Gasteiger partial charge in [-0.05, 0) is 46.1 Å². The van der Waals surface area contributed by atoms with Gasteiger partial charge in [-0.3, -0.25) is 0 Å². The van der Waals surface area contributed by atoms with Crippen molar-refractivity contribution in [2.24, 2.45) is 0 Å². The minimum absolute atomic E-state index is 0.0303. The van der Waals surface area contributed by atoms with E-state index in [1.807, 2.05) is 24.3 Å². The van der Waals surface area contributed by atoms with Gasteiger partial charge < -0.3 is 9.84 Å². The molecule has 1 N–H and O–H groups in total. The summed E-state index contributed by atoms with van der Waals surface area (Å²) < 4.78 is 19.3. The third kappa shape index (κ3) is 2.45. The molecule has 0 bridgehead atoms. The van der Waals surface area contributed by atoms with Crippen molar-refractivity contribution in [2.45, 2.75) is 18.4 Å². The maximum Gasteiger partial charge on any atom is 0.137 e. The van der Waals surface area contributed by atoms with Crippen LogP contribution in [0.5, 0.6) is 5.75 Å². The molecule has 0 amide bonds. The highest BCUT2D eigenvalue weighted by molar-refractivity contribution is 9.10. The van der Waals surface area contributed by atoms with Crippen LogP contribution in [0.3, 0.4) is 0 Å². The van der Waals surface area contributed by atoms with Crippen molar-refractivity contribution in [1.82, 2.24) is 0 Å². The highest BCUT2D eigenvalue weighted by atomic mass is 79.9. The lowest BCUT2D eigenvalue weighted by Gasteiger charge is -2.29. The smallest absolute Gasteiger partial charge is 0.137 e. The molecule has 0 saturated heterocycles. The summed E-state index contributed by atoms with van der Waals surface area (Å²) in [5, 5.41) is 10.6. The van der Waals surface area contributed by atoms with Crippen LogP contribution in [0.1, 0.15) is 29.6 Å². The second-order valence-corrected chi connectivity index (χ2v) is 5.75. The zero-order valence-electron chi connectivity index (χ0n) is 10.7. The van der Waals surface area contributed by atoms with Crippen LogP contribution in [0, 0.1) is 5.82 Å². The Bertz CT molecular complexity index is 630.